The molecule has 0 radical (unpaired) electrons. The molecule has 0 bridgehead atoms. The predicted molar refractivity (Wildman–Crippen MR) is 183 cm³/mol. The molecule has 0 saturated heterocycles. The summed E-state index contributed by atoms with van der Waals surface area (Å²) in [5.41, 5.74) is 9.64. The normalized spacial score (nSPS) is 11.5. The van der Waals surface area contributed by atoms with Crippen LogP contribution >= 0.6 is 0 Å². The Bertz CT molecular complexity index is 2480. The summed E-state index contributed by atoms with van der Waals surface area (Å²) in [5, 5.41) is 2.23. The van der Waals surface area contributed by atoms with Gasteiger partial charge in [0, 0.05) is 45.4 Å². The minimum Gasteiger partial charge on any atom is -0.456 e. The first kappa shape index (κ1) is 26.0. The van der Waals surface area contributed by atoms with E-state index in [-0.39, 0.29) is 0 Å². The summed E-state index contributed by atoms with van der Waals surface area (Å²) in [5.74, 6) is 1.87. The van der Waals surface area contributed by atoms with Crippen LogP contribution in [0.5, 0.6) is 0 Å². The van der Waals surface area contributed by atoms with Crippen LogP contribution in [0.4, 0.5) is 0 Å². The van der Waals surface area contributed by atoms with Crippen LogP contribution in [-0.4, -0.2) is 24.3 Å². The summed E-state index contributed by atoms with van der Waals surface area (Å²) in [6.07, 6.45) is 4.04. The van der Waals surface area contributed by atoms with Gasteiger partial charge in [-0.2, -0.15) is 0 Å². The molecular weight excluding hydrogens is 566 g/mol. The largest absolute Gasteiger partial charge is 0.456 e. The monoisotopic (exact) mass is 591 g/mol. The molecule has 216 valence electrons. The Hall–Kier alpha value is -6.40. The van der Waals surface area contributed by atoms with Crippen molar-refractivity contribution in [3.05, 3.63) is 152 Å². The fraction of sp³-hybridized carbons (Fsp3) is 0. The zero-order valence-electron chi connectivity index (χ0n) is 24.6. The SMILES string of the molecule is c1ccc(-c2nc(-c3ccc(-c4ccc5oc6ccccc6c5c4)cc3)nc(-c3ccc(-c4cn5ccccc5n4)cc3)n2)cc1. The van der Waals surface area contributed by atoms with E-state index < -0.39 is 0 Å². The highest BCUT2D eigenvalue weighted by Crippen LogP contribution is 2.33. The topological polar surface area (TPSA) is 69.1 Å². The molecular formula is C40H25N5O. The molecule has 0 aliphatic carbocycles. The summed E-state index contributed by atoms with van der Waals surface area (Å²) >= 11 is 0. The number of furan rings is 1. The molecule has 0 aliphatic heterocycles. The average Bonchev–Trinajstić information content (AvgIpc) is 3.74. The molecule has 46 heavy (non-hydrogen) atoms. The Labute approximate surface area is 264 Å². The Morgan fingerprint density at radius 1 is 0.413 bits per heavy atom. The van der Waals surface area contributed by atoms with Crippen molar-refractivity contribution in [2.75, 3.05) is 0 Å². The van der Waals surface area contributed by atoms with Gasteiger partial charge >= 0.3 is 0 Å². The first-order chi connectivity index (χ1) is 22.7. The fourth-order valence-corrected chi connectivity index (χ4v) is 5.93. The van der Waals surface area contributed by atoms with E-state index in [2.05, 4.69) is 54.6 Å². The van der Waals surface area contributed by atoms with E-state index in [1.54, 1.807) is 0 Å². The molecule has 0 fully saturated rings. The second-order valence-electron chi connectivity index (χ2n) is 11.2. The van der Waals surface area contributed by atoms with E-state index in [1.165, 1.54) is 0 Å². The van der Waals surface area contributed by atoms with Crippen LogP contribution < -0.4 is 0 Å². The zero-order chi connectivity index (χ0) is 30.5. The van der Waals surface area contributed by atoms with E-state index in [0.29, 0.717) is 17.5 Å². The summed E-state index contributed by atoms with van der Waals surface area (Å²) in [6, 6.07) is 47.1. The summed E-state index contributed by atoms with van der Waals surface area (Å²) in [4.78, 5) is 19.5. The number of imidazole rings is 1. The quantitative estimate of drug-likeness (QED) is 0.199. The number of hydrogen-bond donors (Lipinski definition) is 0. The van der Waals surface area contributed by atoms with Gasteiger partial charge in [0.25, 0.3) is 0 Å². The van der Waals surface area contributed by atoms with Crippen molar-refractivity contribution >= 4 is 27.6 Å². The van der Waals surface area contributed by atoms with E-state index in [4.69, 9.17) is 24.4 Å². The summed E-state index contributed by atoms with van der Waals surface area (Å²) < 4.78 is 8.05. The highest BCUT2D eigenvalue weighted by Gasteiger charge is 2.14. The number of pyridine rings is 1. The van der Waals surface area contributed by atoms with Crippen LogP contribution in [0.3, 0.4) is 0 Å². The van der Waals surface area contributed by atoms with Crippen molar-refractivity contribution in [1.82, 2.24) is 24.3 Å². The van der Waals surface area contributed by atoms with Gasteiger partial charge in [-0.25, -0.2) is 19.9 Å². The Morgan fingerprint density at radius 2 is 0.978 bits per heavy atom. The lowest BCUT2D eigenvalue weighted by molar-refractivity contribution is 0.669. The van der Waals surface area contributed by atoms with Crippen LogP contribution in [0.1, 0.15) is 0 Å². The van der Waals surface area contributed by atoms with Crippen molar-refractivity contribution in [3.63, 3.8) is 0 Å². The first-order valence-electron chi connectivity index (χ1n) is 15.1. The number of benzene rings is 5. The van der Waals surface area contributed by atoms with Gasteiger partial charge in [-0.05, 0) is 41.5 Å². The van der Waals surface area contributed by atoms with Gasteiger partial charge in [0.15, 0.2) is 17.5 Å². The number of fused-ring (bicyclic) bond motifs is 4. The van der Waals surface area contributed by atoms with E-state index in [9.17, 15) is 0 Å². The second-order valence-corrected chi connectivity index (χ2v) is 11.2. The molecule has 9 rings (SSSR count). The second kappa shape index (κ2) is 10.6. The fourth-order valence-electron chi connectivity index (χ4n) is 5.93. The van der Waals surface area contributed by atoms with Gasteiger partial charge in [-0.15, -0.1) is 0 Å². The summed E-state index contributed by atoms with van der Waals surface area (Å²) in [7, 11) is 0. The molecule has 0 spiro atoms. The molecule has 9 aromatic rings. The molecule has 0 aliphatic rings. The van der Waals surface area contributed by atoms with E-state index in [1.807, 2.05) is 102 Å². The maximum atomic E-state index is 6.03. The zero-order valence-corrected chi connectivity index (χ0v) is 24.6. The van der Waals surface area contributed by atoms with Crippen molar-refractivity contribution in [1.29, 1.82) is 0 Å². The van der Waals surface area contributed by atoms with E-state index in [0.717, 1.165) is 66.7 Å². The maximum Gasteiger partial charge on any atom is 0.164 e. The van der Waals surface area contributed by atoms with Crippen LogP contribution in [0.25, 0.3) is 84.1 Å². The predicted octanol–water partition coefficient (Wildman–Crippen LogP) is 9.75. The van der Waals surface area contributed by atoms with Gasteiger partial charge in [0.2, 0.25) is 0 Å². The third kappa shape index (κ3) is 4.60. The van der Waals surface area contributed by atoms with Crippen molar-refractivity contribution in [2.45, 2.75) is 0 Å². The Kier molecular flexibility index (Phi) is 6.03. The molecule has 0 N–H and O–H groups in total. The highest BCUT2D eigenvalue weighted by molar-refractivity contribution is 6.06. The molecule has 0 atom stereocenters. The number of hydrogen-bond acceptors (Lipinski definition) is 5. The minimum atomic E-state index is 0.617. The molecule has 6 nitrogen and oxygen atoms in total. The number of nitrogens with zero attached hydrogens (tertiary/aromatic N) is 5. The van der Waals surface area contributed by atoms with Gasteiger partial charge in [0.05, 0.1) is 5.69 Å². The lowest BCUT2D eigenvalue weighted by Crippen LogP contribution is -2.00. The van der Waals surface area contributed by atoms with Gasteiger partial charge in [0.1, 0.15) is 16.8 Å². The van der Waals surface area contributed by atoms with Crippen LogP contribution in [0, 0.1) is 0 Å². The average molecular weight is 592 g/mol. The molecule has 0 amide bonds. The minimum absolute atomic E-state index is 0.617. The molecule has 0 unspecified atom stereocenters. The standard InChI is InChI=1S/C40H25N5O/c1-2-8-28(9-3-1)38-42-39(44-40(43-38)30-19-15-27(16-20-30)34-25-45-23-7-6-12-37(45)41-34)29-17-13-26(14-18-29)31-21-22-36-33(24-31)32-10-4-5-11-35(32)46-36/h1-25H. The van der Waals surface area contributed by atoms with Gasteiger partial charge in [-0.1, -0.05) is 109 Å². The van der Waals surface area contributed by atoms with Gasteiger partial charge in [-0.3, -0.25) is 0 Å². The third-order valence-electron chi connectivity index (χ3n) is 8.32. The van der Waals surface area contributed by atoms with Crippen LogP contribution in [-0.2, 0) is 0 Å². The number of aromatic nitrogens is 5. The Balaban J connectivity index is 1.08. The first-order valence-corrected chi connectivity index (χ1v) is 15.1. The maximum absolute atomic E-state index is 6.03. The smallest absolute Gasteiger partial charge is 0.164 e. The molecule has 5 aromatic carbocycles. The summed E-state index contributed by atoms with van der Waals surface area (Å²) in [6.45, 7) is 0. The molecule has 4 aromatic heterocycles. The molecule has 6 heteroatoms. The lowest BCUT2D eigenvalue weighted by atomic mass is 10.0. The number of para-hydroxylation sites is 1. The molecule has 4 heterocycles. The lowest BCUT2D eigenvalue weighted by Gasteiger charge is -2.09. The number of rotatable bonds is 5. The van der Waals surface area contributed by atoms with Crippen molar-refractivity contribution < 1.29 is 4.42 Å². The van der Waals surface area contributed by atoms with Crippen molar-refractivity contribution in [3.8, 4) is 56.5 Å². The van der Waals surface area contributed by atoms with Crippen molar-refractivity contribution in [2.24, 2.45) is 0 Å². The van der Waals surface area contributed by atoms with Crippen LogP contribution in [0.15, 0.2) is 156 Å². The van der Waals surface area contributed by atoms with E-state index >= 15 is 0 Å². The third-order valence-corrected chi connectivity index (χ3v) is 8.32. The highest BCUT2D eigenvalue weighted by atomic mass is 16.3. The van der Waals surface area contributed by atoms with Crippen LogP contribution in [0.2, 0.25) is 0 Å². The molecule has 0 saturated carbocycles. The van der Waals surface area contributed by atoms with Gasteiger partial charge < -0.3 is 8.82 Å². The Morgan fingerprint density at radius 3 is 1.70 bits per heavy atom.